The van der Waals surface area contributed by atoms with Gasteiger partial charge in [-0.15, -0.1) is 0 Å². The molecule has 0 unspecified atom stereocenters. The number of aliphatic hydroxyl groups excluding tert-OH is 1. The molecule has 0 fully saturated rings. The summed E-state index contributed by atoms with van der Waals surface area (Å²) >= 11 is 3.48. The van der Waals surface area contributed by atoms with Crippen LogP contribution in [0.2, 0.25) is 0 Å². The van der Waals surface area contributed by atoms with Crippen LogP contribution in [0.15, 0.2) is 53.0 Å². The van der Waals surface area contributed by atoms with Crippen molar-refractivity contribution < 1.29 is 9.90 Å². The predicted molar refractivity (Wildman–Crippen MR) is 101 cm³/mol. The van der Waals surface area contributed by atoms with Gasteiger partial charge in [-0.1, -0.05) is 58.4 Å². The Labute approximate surface area is 152 Å². The maximum atomic E-state index is 12.1. The first-order valence-electron chi connectivity index (χ1n) is 8.22. The van der Waals surface area contributed by atoms with Gasteiger partial charge in [-0.2, -0.15) is 0 Å². The number of carbonyl (C=O) groups excluding carboxylic acids is 1. The zero-order chi connectivity index (χ0) is 17.5. The highest BCUT2D eigenvalue weighted by Crippen LogP contribution is 2.18. The topological polar surface area (TPSA) is 49.3 Å². The van der Waals surface area contributed by atoms with Crippen molar-refractivity contribution in [1.29, 1.82) is 0 Å². The Hall–Kier alpha value is -1.65. The summed E-state index contributed by atoms with van der Waals surface area (Å²) in [4.78, 5) is 12.1. The summed E-state index contributed by atoms with van der Waals surface area (Å²) in [7, 11) is 0. The van der Waals surface area contributed by atoms with Gasteiger partial charge < -0.3 is 10.4 Å². The lowest BCUT2D eigenvalue weighted by Crippen LogP contribution is -2.42. The second-order valence-corrected chi connectivity index (χ2v) is 7.05. The summed E-state index contributed by atoms with van der Waals surface area (Å²) in [5.41, 5.74) is 3.37. The summed E-state index contributed by atoms with van der Waals surface area (Å²) in [6, 6.07) is 15.7. The van der Waals surface area contributed by atoms with Crippen molar-refractivity contribution in [2.75, 3.05) is 0 Å². The van der Waals surface area contributed by atoms with Gasteiger partial charge >= 0.3 is 0 Å². The largest absolute Gasteiger partial charge is 0.391 e. The number of carbonyl (C=O) groups is 1. The van der Waals surface area contributed by atoms with Crippen LogP contribution >= 0.6 is 15.9 Å². The number of rotatable bonds is 7. The average Bonchev–Trinajstić information content (AvgIpc) is 2.56. The van der Waals surface area contributed by atoms with Crippen molar-refractivity contribution in [2.45, 2.75) is 45.3 Å². The van der Waals surface area contributed by atoms with Crippen LogP contribution in [0.25, 0.3) is 0 Å². The molecular formula is C20H24BrNO2. The molecule has 0 spiro atoms. The fraction of sp³-hybridized carbons (Fsp3) is 0.350. The van der Waals surface area contributed by atoms with Crippen LogP contribution in [0.5, 0.6) is 0 Å². The third-order valence-electron chi connectivity index (χ3n) is 4.12. The molecule has 3 nitrogen and oxygen atoms in total. The summed E-state index contributed by atoms with van der Waals surface area (Å²) in [5, 5.41) is 13.2. The number of aryl methyl sites for hydroxylation is 2. The summed E-state index contributed by atoms with van der Waals surface area (Å²) in [5.74, 6) is -0.0322. The minimum atomic E-state index is -0.591. The molecule has 0 heterocycles. The molecule has 0 saturated heterocycles. The zero-order valence-corrected chi connectivity index (χ0v) is 15.7. The Balaban J connectivity index is 1.79. The SMILES string of the molecule is Cc1cc(CCC(=O)N[C@H](C)[C@H](O)Cc2ccccc2)ccc1Br. The second kappa shape index (κ2) is 9.00. The van der Waals surface area contributed by atoms with Crippen molar-refractivity contribution in [3.05, 3.63) is 69.7 Å². The van der Waals surface area contributed by atoms with Crippen molar-refractivity contribution in [2.24, 2.45) is 0 Å². The lowest BCUT2D eigenvalue weighted by molar-refractivity contribution is -0.122. The van der Waals surface area contributed by atoms with Gasteiger partial charge in [0.15, 0.2) is 0 Å². The number of halogens is 1. The molecule has 0 aliphatic carbocycles. The number of aliphatic hydroxyl groups is 1. The van der Waals surface area contributed by atoms with Gasteiger partial charge in [0.25, 0.3) is 0 Å². The summed E-state index contributed by atoms with van der Waals surface area (Å²) in [6.07, 6.45) is 1.06. The molecule has 0 aliphatic heterocycles. The van der Waals surface area contributed by atoms with Crippen molar-refractivity contribution >= 4 is 21.8 Å². The minimum absolute atomic E-state index is 0.0322. The van der Waals surface area contributed by atoms with Crippen LogP contribution in [0, 0.1) is 6.92 Å². The molecule has 1 amide bonds. The molecule has 2 aromatic carbocycles. The predicted octanol–water partition coefficient (Wildman–Crippen LogP) is 3.80. The number of amides is 1. The Bertz CT molecular complexity index is 673. The van der Waals surface area contributed by atoms with Gasteiger partial charge in [0, 0.05) is 17.3 Å². The molecule has 2 rings (SSSR count). The molecule has 2 atom stereocenters. The molecule has 0 aliphatic rings. The van der Waals surface area contributed by atoms with Crippen molar-refractivity contribution in [1.82, 2.24) is 5.32 Å². The van der Waals surface area contributed by atoms with Gasteiger partial charge in [-0.3, -0.25) is 4.79 Å². The minimum Gasteiger partial charge on any atom is -0.391 e. The first-order chi connectivity index (χ1) is 11.5. The van der Waals surface area contributed by atoms with Crippen LogP contribution in [-0.2, 0) is 17.6 Å². The molecule has 4 heteroatoms. The maximum Gasteiger partial charge on any atom is 0.220 e. The monoisotopic (exact) mass is 389 g/mol. The fourth-order valence-corrected chi connectivity index (χ4v) is 2.82. The van der Waals surface area contributed by atoms with Crippen molar-refractivity contribution in [3.8, 4) is 0 Å². The van der Waals surface area contributed by atoms with Gasteiger partial charge in [0.2, 0.25) is 5.91 Å². The summed E-state index contributed by atoms with van der Waals surface area (Å²) in [6.45, 7) is 3.88. The molecule has 0 saturated carbocycles. The van der Waals surface area contributed by atoms with Crippen LogP contribution < -0.4 is 5.32 Å². The third-order valence-corrected chi connectivity index (χ3v) is 5.01. The fourth-order valence-electron chi connectivity index (χ4n) is 2.57. The Morgan fingerprint density at radius 1 is 1.17 bits per heavy atom. The normalized spacial score (nSPS) is 13.3. The third kappa shape index (κ3) is 5.77. The quantitative estimate of drug-likeness (QED) is 0.756. The second-order valence-electron chi connectivity index (χ2n) is 6.20. The van der Waals surface area contributed by atoms with E-state index in [1.165, 1.54) is 5.56 Å². The number of hydrogen-bond donors (Lipinski definition) is 2. The zero-order valence-electron chi connectivity index (χ0n) is 14.1. The average molecular weight is 390 g/mol. The van der Waals surface area contributed by atoms with E-state index in [2.05, 4.69) is 27.3 Å². The highest BCUT2D eigenvalue weighted by molar-refractivity contribution is 9.10. The van der Waals surface area contributed by atoms with E-state index in [9.17, 15) is 9.90 Å². The van der Waals surface area contributed by atoms with E-state index in [-0.39, 0.29) is 11.9 Å². The Morgan fingerprint density at radius 3 is 2.54 bits per heavy atom. The maximum absolute atomic E-state index is 12.1. The van der Waals surface area contributed by atoms with E-state index >= 15 is 0 Å². The molecule has 24 heavy (non-hydrogen) atoms. The van der Waals surface area contributed by atoms with Crippen LogP contribution in [-0.4, -0.2) is 23.2 Å². The van der Waals surface area contributed by atoms with E-state index in [4.69, 9.17) is 0 Å². The summed E-state index contributed by atoms with van der Waals surface area (Å²) < 4.78 is 1.08. The van der Waals surface area contributed by atoms with Gasteiger partial charge in [0.05, 0.1) is 12.1 Å². The smallest absolute Gasteiger partial charge is 0.220 e. The van der Waals surface area contributed by atoms with E-state index in [0.29, 0.717) is 19.3 Å². The molecule has 0 radical (unpaired) electrons. The number of hydrogen-bond acceptors (Lipinski definition) is 2. The standard InChI is InChI=1S/C20H24BrNO2/c1-14-12-17(8-10-18(14)21)9-11-20(24)22-15(2)19(23)13-16-6-4-3-5-7-16/h3-8,10,12,15,19,23H,9,11,13H2,1-2H3,(H,22,24)/t15-,19-/m1/s1. The van der Waals surface area contributed by atoms with E-state index < -0.39 is 6.10 Å². The molecule has 2 aromatic rings. The van der Waals surface area contributed by atoms with Gasteiger partial charge in [-0.25, -0.2) is 0 Å². The van der Waals surface area contributed by atoms with E-state index in [0.717, 1.165) is 15.6 Å². The lowest BCUT2D eigenvalue weighted by atomic mass is 10.0. The van der Waals surface area contributed by atoms with E-state index in [1.54, 1.807) is 0 Å². The number of nitrogens with one attached hydrogen (secondary N) is 1. The van der Waals surface area contributed by atoms with E-state index in [1.807, 2.05) is 56.3 Å². The van der Waals surface area contributed by atoms with Gasteiger partial charge in [-0.05, 0) is 43.0 Å². The molecule has 128 valence electrons. The lowest BCUT2D eigenvalue weighted by Gasteiger charge is -2.20. The number of benzene rings is 2. The Morgan fingerprint density at radius 2 is 1.88 bits per heavy atom. The van der Waals surface area contributed by atoms with Crippen LogP contribution in [0.3, 0.4) is 0 Å². The molecule has 0 bridgehead atoms. The Kier molecular flexibility index (Phi) is 7.00. The first kappa shape index (κ1) is 18.7. The highest BCUT2D eigenvalue weighted by atomic mass is 79.9. The highest BCUT2D eigenvalue weighted by Gasteiger charge is 2.17. The van der Waals surface area contributed by atoms with Crippen LogP contribution in [0.1, 0.15) is 30.0 Å². The molecule has 2 N–H and O–H groups in total. The van der Waals surface area contributed by atoms with Crippen LogP contribution in [0.4, 0.5) is 0 Å². The molecular weight excluding hydrogens is 366 g/mol. The van der Waals surface area contributed by atoms with Gasteiger partial charge in [0.1, 0.15) is 0 Å². The molecule has 0 aromatic heterocycles. The van der Waals surface area contributed by atoms with Crippen molar-refractivity contribution in [3.63, 3.8) is 0 Å². The first-order valence-corrected chi connectivity index (χ1v) is 9.01.